The van der Waals surface area contributed by atoms with Gasteiger partial charge < -0.3 is 24.3 Å². The fourth-order valence-electron chi connectivity index (χ4n) is 4.13. The van der Waals surface area contributed by atoms with Crippen LogP contribution in [0.2, 0.25) is 0 Å². The van der Waals surface area contributed by atoms with Crippen LogP contribution in [0, 0.1) is 0 Å². The van der Waals surface area contributed by atoms with E-state index in [2.05, 4.69) is 45.2 Å². The van der Waals surface area contributed by atoms with Crippen LogP contribution in [-0.4, -0.2) is 55.9 Å². The molecule has 1 aliphatic heterocycles. The fraction of sp³-hybridized carbons (Fsp3) is 0.417. The first kappa shape index (κ1) is 19.8. The third-order valence-electron chi connectivity index (χ3n) is 5.66. The highest BCUT2D eigenvalue weighted by Gasteiger charge is 2.12. The zero-order valence-corrected chi connectivity index (χ0v) is 17.3. The maximum Gasteiger partial charge on any atom is 0.161 e. The molecule has 2 aromatic carbocycles. The van der Waals surface area contributed by atoms with E-state index in [1.54, 1.807) is 7.11 Å². The normalized spacial score (nSPS) is 14.9. The van der Waals surface area contributed by atoms with E-state index in [9.17, 15) is 0 Å². The van der Waals surface area contributed by atoms with Gasteiger partial charge in [0, 0.05) is 43.3 Å². The lowest BCUT2D eigenvalue weighted by Gasteiger charge is -2.26. The summed E-state index contributed by atoms with van der Waals surface area (Å²) in [6.45, 7) is 7.18. The predicted octanol–water partition coefficient (Wildman–Crippen LogP) is 3.57. The van der Waals surface area contributed by atoms with Crippen molar-refractivity contribution in [3.63, 3.8) is 0 Å². The van der Waals surface area contributed by atoms with Crippen molar-refractivity contribution in [3.05, 3.63) is 60.3 Å². The molecule has 0 spiro atoms. The molecule has 1 aromatic heterocycles. The highest BCUT2D eigenvalue weighted by molar-refractivity contribution is 5.84. The standard InChI is InChI=1S/C24H31N3O2/c1-28-23-10-4-5-11-24(23)29-18-17-27-19-20(21-8-2-3-9-22(21)27)7-6-14-26-15-12-25-13-16-26/h2-5,8-11,19,25H,6-7,12-18H2,1H3. The summed E-state index contributed by atoms with van der Waals surface area (Å²) >= 11 is 0. The topological polar surface area (TPSA) is 38.7 Å². The lowest BCUT2D eigenvalue weighted by Crippen LogP contribution is -2.43. The second-order valence-corrected chi connectivity index (χ2v) is 7.56. The van der Waals surface area contributed by atoms with Gasteiger partial charge in [-0.2, -0.15) is 0 Å². The summed E-state index contributed by atoms with van der Waals surface area (Å²) in [6, 6.07) is 16.5. The van der Waals surface area contributed by atoms with Gasteiger partial charge in [0.15, 0.2) is 11.5 Å². The van der Waals surface area contributed by atoms with Gasteiger partial charge in [0.25, 0.3) is 0 Å². The maximum absolute atomic E-state index is 5.99. The molecule has 1 N–H and O–H groups in total. The Hall–Kier alpha value is -2.50. The lowest BCUT2D eigenvalue weighted by atomic mass is 10.1. The van der Waals surface area contributed by atoms with Crippen molar-refractivity contribution in [1.82, 2.24) is 14.8 Å². The van der Waals surface area contributed by atoms with Crippen LogP contribution in [-0.2, 0) is 13.0 Å². The number of ether oxygens (including phenoxy) is 2. The Morgan fingerprint density at radius 1 is 0.931 bits per heavy atom. The summed E-state index contributed by atoms with van der Waals surface area (Å²) in [5.41, 5.74) is 2.72. The largest absolute Gasteiger partial charge is 0.493 e. The molecule has 2 heterocycles. The SMILES string of the molecule is COc1ccccc1OCCn1cc(CCCN2CCNCC2)c2ccccc21. The number of rotatable bonds is 9. The van der Waals surface area contributed by atoms with Crippen LogP contribution in [0.25, 0.3) is 10.9 Å². The lowest BCUT2D eigenvalue weighted by molar-refractivity contribution is 0.238. The van der Waals surface area contributed by atoms with E-state index < -0.39 is 0 Å². The molecule has 0 atom stereocenters. The predicted molar refractivity (Wildman–Crippen MR) is 118 cm³/mol. The minimum atomic E-state index is 0.610. The highest BCUT2D eigenvalue weighted by atomic mass is 16.5. The molecule has 1 fully saturated rings. The highest BCUT2D eigenvalue weighted by Crippen LogP contribution is 2.26. The maximum atomic E-state index is 5.99. The number of benzene rings is 2. The molecule has 5 nitrogen and oxygen atoms in total. The van der Waals surface area contributed by atoms with Crippen molar-refractivity contribution in [2.75, 3.05) is 46.4 Å². The zero-order valence-electron chi connectivity index (χ0n) is 17.3. The summed E-state index contributed by atoms with van der Waals surface area (Å²) in [6.07, 6.45) is 4.63. The van der Waals surface area contributed by atoms with Gasteiger partial charge in [-0.25, -0.2) is 0 Å². The Labute approximate surface area is 173 Å². The number of para-hydroxylation sites is 3. The van der Waals surface area contributed by atoms with Crippen molar-refractivity contribution in [2.24, 2.45) is 0 Å². The molecule has 0 aliphatic carbocycles. The van der Waals surface area contributed by atoms with E-state index in [1.807, 2.05) is 24.3 Å². The van der Waals surface area contributed by atoms with E-state index in [1.165, 1.54) is 42.5 Å². The van der Waals surface area contributed by atoms with Crippen molar-refractivity contribution < 1.29 is 9.47 Å². The van der Waals surface area contributed by atoms with E-state index in [-0.39, 0.29) is 0 Å². The van der Waals surface area contributed by atoms with E-state index in [4.69, 9.17) is 9.47 Å². The quantitative estimate of drug-likeness (QED) is 0.603. The number of hydrogen-bond donors (Lipinski definition) is 1. The second-order valence-electron chi connectivity index (χ2n) is 7.56. The van der Waals surface area contributed by atoms with Crippen LogP contribution in [0.1, 0.15) is 12.0 Å². The van der Waals surface area contributed by atoms with Gasteiger partial charge in [0.2, 0.25) is 0 Å². The van der Waals surface area contributed by atoms with Crippen molar-refractivity contribution >= 4 is 10.9 Å². The van der Waals surface area contributed by atoms with Crippen LogP contribution in [0.5, 0.6) is 11.5 Å². The molecule has 154 valence electrons. The summed E-state index contributed by atoms with van der Waals surface area (Å²) in [5, 5.41) is 4.79. The van der Waals surface area contributed by atoms with Crippen molar-refractivity contribution in [1.29, 1.82) is 0 Å². The number of nitrogens with zero attached hydrogens (tertiary/aromatic N) is 2. The molecule has 0 radical (unpaired) electrons. The second kappa shape index (κ2) is 9.81. The van der Waals surface area contributed by atoms with Gasteiger partial charge in [-0.15, -0.1) is 0 Å². The van der Waals surface area contributed by atoms with Crippen LogP contribution in [0.4, 0.5) is 0 Å². The average molecular weight is 394 g/mol. The molecule has 1 saturated heterocycles. The Kier molecular flexibility index (Phi) is 6.70. The molecule has 29 heavy (non-hydrogen) atoms. The van der Waals surface area contributed by atoms with E-state index >= 15 is 0 Å². The van der Waals surface area contributed by atoms with Gasteiger partial charge in [0.05, 0.1) is 13.7 Å². The first-order valence-corrected chi connectivity index (χ1v) is 10.6. The van der Waals surface area contributed by atoms with Gasteiger partial charge in [0.1, 0.15) is 6.61 Å². The van der Waals surface area contributed by atoms with Crippen molar-refractivity contribution in [2.45, 2.75) is 19.4 Å². The molecule has 5 heteroatoms. The minimum absolute atomic E-state index is 0.610. The Morgan fingerprint density at radius 3 is 2.52 bits per heavy atom. The van der Waals surface area contributed by atoms with Gasteiger partial charge in [-0.1, -0.05) is 30.3 Å². The van der Waals surface area contributed by atoms with Crippen LogP contribution in [0.15, 0.2) is 54.7 Å². The number of fused-ring (bicyclic) bond motifs is 1. The minimum Gasteiger partial charge on any atom is -0.493 e. The van der Waals surface area contributed by atoms with Gasteiger partial charge in [-0.05, 0) is 43.1 Å². The molecule has 0 bridgehead atoms. The molecule has 3 aromatic rings. The Bertz CT molecular complexity index is 915. The van der Waals surface area contributed by atoms with Crippen LogP contribution >= 0.6 is 0 Å². The summed E-state index contributed by atoms with van der Waals surface area (Å²) in [4.78, 5) is 2.57. The molecular formula is C24H31N3O2. The first-order chi connectivity index (χ1) is 14.3. The average Bonchev–Trinajstić information content (AvgIpc) is 3.13. The van der Waals surface area contributed by atoms with E-state index in [0.717, 1.165) is 37.6 Å². The molecule has 0 saturated carbocycles. The van der Waals surface area contributed by atoms with Gasteiger partial charge in [-0.3, -0.25) is 0 Å². The number of aryl methyl sites for hydroxylation is 1. The molecule has 4 rings (SSSR count). The van der Waals surface area contributed by atoms with Gasteiger partial charge >= 0.3 is 0 Å². The van der Waals surface area contributed by atoms with E-state index in [0.29, 0.717) is 6.61 Å². The molecule has 0 unspecified atom stereocenters. The summed E-state index contributed by atoms with van der Waals surface area (Å²) < 4.78 is 13.7. The van der Waals surface area contributed by atoms with Crippen molar-refractivity contribution in [3.8, 4) is 11.5 Å². The summed E-state index contributed by atoms with van der Waals surface area (Å²) in [7, 11) is 1.67. The van der Waals surface area contributed by atoms with Crippen LogP contribution in [0.3, 0.4) is 0 Å². The molecular weight excluding hydrogens is 362 g/mol. The molecule has 1 aliphatic rings. The Morgan fingerprint density at radius 2 is 1.69 bits per heavy atom. The third kappa shape index (κ3) is 4.92. The smallest absolute Gasteiger partial charge is 0.161 e. The molecule has 0 amide bonds. The number of aromatic nitrogens is 1. The number of hydrogen-bond acceptors (Lipinski definition) is 4. The monoisotopic (exact) mass is 393 g/mol. The van der Waals surface area contributed by atoms with Crippen LogP contribution < -0.4 is 14.8 Å². The number of piperazine rings is 1. The third-order valence-corrected chi connectivity index (χ3v) is 5.66. The number of nitrogens with one attached hydrogen (secondary N) is 1. The first-order valence-electron chi connectivity index (χ1n) is 10.6. The summed E-state index contributed by atoms with van der Waals surface area (Å²) in [5.74, 6) is 1.57. The fourth-order valence-corrected chi connectivity index (χ4v) is 4.13. The number of methoxy groups -OCH3 is 1. The Balaban J connectivity index is 1.39. The zero-order chi connectivity index (χ0) is 19.9.